The molecule has 1 amide bonds. The Balaban J connectivity index is 2.27. The molecule has 1 heterocycles. The fourth-order valence-electron chi connectivity index (χ4n) is 0.613. The van der Waals surface area contributed by atoms with Gasteiger partial charge in [-0.3, -0.25) is 4.79 Å². The van der Waals surface area contributed by atoms with Crippen molar-refractivity contribution in [1.29, 1.82) is 0 Å². The minimum absolute atomic E-state index is 0.0370. The molecule has 1 rings (SSSR count). The lowest BCUT2D eigenvalue weighted by Gasteiger charge is -1.93. The average Bonchev–Trinajstić information content (AvgIpc) is 1.94. The van der Waals surface area contributed by atoms with Gasteiger partial charge in [0.05, 0.1) is 6.42 Å². The van der Waals surface area contributed by atoms with Crippen LogP contribution in [0.2, 0.25) is 0 Å². The molecule has 0 spiro atoms. The van der Waals surface area contributed by atoms with Crippen molar-refractivity contribution in [2.24, 2.45) is 0 Å². The van der Waals surface area contributed by atoms with Crippen molar-refractivity contribution in [3.8, 4) is 0 Å². The van der Waals surface area contributed by atoms with Crippen molar-refractivity contribution >= 4 is 5.91 Å². The summed E-state index contributed by atoms with van der Waals surface area (Å²) in [6.07, 6.45) is 1.60. The molecule has 1 saturated heterocycles. The van der Waals surface area contributed by atoms with Gasteiger partial charge in [0.1, 0.15) is 0 Å². The maximum absolute atomic E-state index is 10.5. The highest BCUT2D eigenvalue weighted by Crippen LogP contribution is 1.77. The Kier molecular flexibility index (Phi) is 1.86. The smallest absolute Gasteiger partial charge is 0.225 e. The lowest BCUT2D eigenvalue weighted by molar-refractivity contribution is -0.117. The van der Waals surface area contributed by atoms with E-state index in [9.17, 15) is 4.79 Å². The summed E-state index contributed by atoms with van der Waals surface area (Å²) in [5.74, 6) is 0.0370. The lowest BCUT2D eigenvalue weighted by Crippen LogP contribution is -2.24. The van der Waals surface area contributed by atoms with Crippen molar-refractivity contribution in [3.05, 3.63) is 6.42 Å². The fourth-order valence-corrected chi connectivity index (χ4v) is 0.613. The van der Waals surface area contributed by atoms with Gasteiger partial charge < -0.3 is 10.6 Å². The minimum atomic E-state index is 0.0370. The van der Waals surface area contributed by atoms with Gasteiger partial charge in [-0.2, -0.15) is 0 Å². The highest BCUT2D eigenvalue weighted by Gasteiger charge is 2.02. The molecule has 8 heavy (non-hydrogen) atoms. The summed E-state index contributed by atoms with van der Waals surface area (Å²) < 4.78 is 0. The zero-order valence-corrected chi connectivity index (χ0v) is 4.61. The number of hydrogen-bond donors (Lipinski definition) is 2. The van der Waals surface area contributed by atoms with Crippen molar-refractivity contribution in [1.82, 2.24) is 10.6 Å². The summed E-state index contributed by atoms with van der Waals surface area (Å²) in [5.41, 5.74) is 0. The third-order valence-corrected chi connectivity index (χ3v) is 1.03. The van der Waals surface area contributed by atoms with Crippen LogP contribution in [0.3, 0.4) is 0 Å². The molecule has 2 N–H and O–H groups in total. The Morgan fingerprint density at radius 1 is 1.50 bits per heavy atom. The summed E-state index contributed by atoms with van der Waals surface area (Å²) in [4.78, 5) is 10.5. The summed E-state index contributed by atoms with van der Waals surface area (Å²) >= 11 is 0. The molecule has 0 aromatic heterocycles. The maximum Gasteiger partial charge on any atom is 0.225 e. The fraction of sp³-hybridized carbons (Fsp3) is 0.600. The molecule has 3 nitrogen and oxygen atoms in total. The minimum Gasteiger partial charge on any atom is -0.355 e. The molecule has 0 bridgehead atoms. The highest BCUT2D eigenvalue weighted by atomic mass is 16.1. The van der Waals surface area contributed by atoms with E-state index in [1.54, 1.807) is 6.42 Å². The summed E-state index contributed by atoms with van der Waals surface area (Å²) in [6, 6.07) is 0. The largest absolute Gasteiger partial charge is 0.355 e. The molecule has 3 heteroatoms. The van der Waals surface area contributed by atoms with Crippen LogP contribution in [-0.4, -0.2) is 25.5 Å². The first-order valence-corrected chi connectivity index (χ1v) is 2.71. The quantitative estimate of drug-likeness (QED) is 0.419. The third kappa shape index (κ3) is 1.50. The zero-order valence-electron chi connectivity index (χ0n) is 4.61. The first kappa shape index (κ1) is 5.56. The predicted molar refractivity (Wildman–Crippen MR) is 30.2 cm³/mol. The molecular formula is C5H9N2O. The number of carbonyl (C=O) groups excluding carboxylic acids is 1. The third-order valence-electron chi connectivity index (χ3n) is 1.03. The van der Waals surface area contributed by atoms with E-state index in [1.807, 2.05) is 0 Å². The molecule has 0 saturated carbocycles. The van der Waals surface area contributed by atoms with Crippen LogP contribution in [0, 0.1) is 6.42 Å². The van der Waals surface area contributed by atoms with Crippen LogP contribution >= 0.6 is 0 Å². The van der Waals surface area contributed by atoms with E-state index in [4.69, 9.17) is 0 Å². The SMILES string of the molecule is O=C1[CH]CNCCN1. The first-order chi connectivity index (χ1) is 3.89. The Hall–Kier alpha value is -0.570. The Morgan fingerprint density at radius 3 is 3.25 bits per heavy atom. The Morgan fingerprint density at radius 2 is 2.38 bits per heavy atom. The number of nitrogens with one attached hydrogen (secondary N) is 2. The van der Waals surface area contributed by atoms with Gasteiger partial charge in [0.15, 0.2) is 0 Å². The number of carbonyl (C=O) groups is 1. The van der Waals surface area contributed by atoms with Gasteiger partial charge in [-0.05, 0) is 0 Å². The van der Waals surface area contributed by atoms with Crippen LogP contribution in [0.25, 0.3) is 0 Å². The predicted octanol–water partition coefficient (Wildman–Crippen LogP) is -1.09. The van der Waals surface area contributed by atoms with E-state index < -0.39 is 0 Å². The molecular weight excluding hydrogens is 104 g/mol. The summed E-state index contributed by atoms with van der Waals surface area (Å²) in [7, 11) is 0. The van der Waals surface area contributed by atoms with Crippen molar-refractivity contribution < 1.29 is 4.79 Å². The molecule has 0 aliphatic carbocycles. The van der Waals surface area contributed by atoms with Crippen molar-refractivity contribution in [2.75, 3.05) is 19.6 Å². The van der Waals surface area contributed by atoms with E-state index in [-0.39, 0.29) is 5.91 Å². The van der Waals surface area contributed by atoms with E-state index in [0.29, 0.717) is 6.54 Å². The number of hydrogen-bond acceptors (Lipinski definition) is 2. The Labute approximate surface area is 48.5 Å². The second-order valence-electron chi connectivity index (χ2n) is 1.70. The molecule has 1 radical (unpaired) electrons. The van der Waals surface area contributed by atoms with E-state index in [1.165, 1.54) is 0 Å². The number of rotatable bonds is 0. The van der Waals surface area contributed by atoms with Crippen LogP contribution in [0.4, 0.5) is 0 Å². The Bertz CT molecular complexity index is 82.4. The van der Waals surface area contributed by atoms with Crippen LogP contribution in [0.1, 0.15) is 0 Å². The van der Waals surface area contributed by atoms with Gasteiger partial charge in [0.2, 0.25) is 5.91 Å². The summed E-state index contributed by atoms with van der Waals surface area (Å²) in [5, 5.41) is 5.73. The van der Waals surface area contributed by atoms with E-state index in [0.717, 1.165) is 13.1 Å². The van der Waals surface area contributed by atoms with Gasteiger partial charge in [0, 0.05) is 19.6 Å². The molecule has 0 unspecified atom stereocenters. The van der Waals surface area contributed by atoms with Gasteiger partial charge in [-0.1, -0.05) is 0 Å². The maximum atomic E-state index is 10.5. The van der Waals surface area contributed by atoms with Gasteiger partial charge in [-0.15, -0.1) is 0 Å². The van der Waals surface area contributed by atoms with Gasteiger partial charge in [-0.25, -0.2) is 0 Å². The van der Waals surface area contributed by atoms with E-state index >= 15 is 0 Å². The van der Waals surface area contributed by atoms with Crippen molar-refractivity contribution in [3.63, 3.8) is 0 Å². The molecule has 1 aliphatic rings. The highest BCUT2D eigenvalue weighted by molar-refractivity contribution is 5.85. The van der Waals surface area contributed by atoms with Crippen molar-refractivity contribution in [2.45, 2.75) is 0 Å². The lowest BCUT2D eigenvalue weighted by atomic mass is 10.4. The second-order valence-corrected chi connectivity index (χ2v) is 1.70. The average molecular weight is 113 g/mol. The van der Waals surface area contributed by atoms with Crippen LogP contribution in [0.15, 0.2) is 0 Å². The van der Waals surface area contributed by atoms with Crippen LogP contribution in [-0.2, 0) is 4.79 Å². The van der Waals surface area contributed by atoms with Gasteiger partial charge >= 0.3 is 0 Å². The van der Waals surface area contributed by atoms with Gasteiger partial charge in [0.25, 0.3) is 0 Å². The summed E-state index contributed by atoms with van der Waals surface area (Å²) in [6.45, 7) is 2.32. The molecule has 1 fully saturated rings. The molecule has 0 aromatic carbocycles. The normalized spacial score (nSPS) is 21.8. The zero-order chi connectivity index (χ0) is 5.82. The van der Waals surface area contributed by atoms with E-state index in [2.05, 4.69) is 10.6 Å². The molecule has 0 atom stereocenters. The monoisotopic (exact) mass is 113 g/mol. The first-order valence-electron chi connectivity index (χ1n) is 2.71. The topological polar surface area (TPSA) is 41.1 Å². The standard InChI is InChI=1S/C5H9N2O/c8-5-1-2-6-3-4-7-5/h1,6H,2-4H2,(H,7,8). The molecule has 1 aliphatic heterocycles. The van der Waals surface area contributed by atoms with Crippen LogP contribution in [0.5, 0.6) is 0 Å². The second kappa shape index (κ2) is 2.67. The van der Waals surface area contributed by atoms with Crippen LogP contribution < -0.4 is 10.6 Å². The molecule has 45 valence electrons. The number of amides is 1. The molecule has 0 aromatic rings.